The van der Waals surface area contributed by atoms with E-state index in [0.717, 1.165) is 13.8 Å². The molecule has 17 heavy (non-hydrogen) atoms. The number of nitriles is 1. The van der Waals surface area contributed by atoms with Gasteiger partial charge in [0.2, 0.25) is 0 Å². The summed E-state index contributed by atoms with van der Waals surface area (Å²) in [6.07, 6.45) is 0. The smallest absolute Gasteiger partial charge is 0.0992 e. The van der Waals surface area contributed by atoms with Gasteiger partial charge in [-0.05, 0) is 58.4 Å². The molecule has 0 aliphatic carbocycles. The Kier molecular flexibility index (Phi) is 4.27. The highest BCUT2D eigenvalue weighted by Gasteiger charge is 2.03. The standard InChI is InChI=1S/C13H7Br2NS/c14-10-2-4-11(5-3-10)17-13-6-1-9(8-16)7-12(13)15/h1-7H. The van der Waals surface area contributed by atoms with Crippen LogP contribution in [0.3, 0.4) is 0 Å². The van der Waals surface area contributed by atoms with Crippen molar-refractivity contribution in [1.82, 2.24) is 0 Å². The molecule has 0 amide bonds. The second-order valence-corrected chi connectivity index (χ2v) is 6.20. The van der Waals surface area contributed by atoms with Crippen LogP contribution in [0.15, 0.2) is 61.2 Å². The fourth-order valence-electron chi connectivity index (χ4n) is 1.28. The van der Waals surface area contributed by atoms with Crippen molar-refractivity contribution < 1.29 is 0 Å². The van der Waals surface area contributed by atoms with E-state index in [4.69, 9.17) is 5.26 Å². The van der Waals surface area contributed by atoms with Gasteiger partial charge in [-0.2, -0.15) is 5.26 Å². The van der Waals surface area contributed by atoms with Crippen LogP contribution in [0.25, 0.3) is 0 Å². The molecule has 1 nitrogen and oxygen atoms in total. The first kappa shape index (κ1) is 12.7. The van der Waals surface area contributed by atoms with Crippen LogP contribution in [0.5, 0.6) is 0 Å². The molecule has 0 radical (unpaired) electrons. The topological polar surface area (TPSA) is 23.8 Å². The Hall–Kier alpha value is -0.760. The van der Waals surface area contributed by atoms with Crippen LogP contribution < -0.4 is 0 Å². The van der Waals surface area contributed by atoms with E-state index in [1.54, 1.807) is 11.8 Å². The summed E-state index contributed by atoms with van der Waals surface area (Å²) in [6.45, 7) is 0. The van der Waals surface area contributed by atoms with Gasteiger partial charge < -0.3 is 0 Å². The van der Waals surface area contributed by atoms with Crippen molar-refractivity contribution in [3.63, 3.8) is 0 Å². The van der Waals surface area contributed by atoms with Gasteiger partial charge in [-0.25, -0.2) is 0 Å². The molecule has 0 fully saturated rings. The average molecular weight is 369 g/mol. The van der Waals surface area contributed by atoms with E-state index < -0.39 is 0 Å². The quantitative estimate of drug-likeness (QED) is 0.724. The van der Waals surface area contributed by atoms with Gasteiger partial charge >= 0.3 is 0 Å². The van der Waals surface area contributed by atoms with Gasteiger partial charge in [0.1, 0.15) is 0 Å². The summed E-state index contributed by atoms with van der Waals surface area (Å²) in [4.78, 5) is 2.27. The summed E-state index contributed by atoms with van der Waals surface area (Å²) in [5.74, 6) is 0. The van der Waals surface area contributed by atoms with Gasteiger partial charge in [0.25, 0.3) is 0 Å². The summed E-state index contributed by atoms with van der Waals surface area (Å²) < 4.78 is 2.02. The number of rotatable bonds is 2. The lowest BCUT2D eigenvalue weighted by Gasteiger charge is -2.04. The van der Waals surface area contributed by atoms with Crippen LogP contribution in [0.1, 0.15) is 5.56 Å². The maximum Gasteiger partial charge on any atom is 0.0992 e. The lowest BCUT2D eigenvalue weighted by atomic mass is 10.2. The third-order valence-corrected chi connectivity index (χ3v) is 4.63. The second kappa shape index (κ2) is 5.72. The lowest BCUT2D eigenvalue weighted by molar-refractivity contribution is 1.35. The molecular formula is C13H7Br2NS. The summed E-state index contributed by atoms with van der Waals surface area (Å²) >= 11 is 8.55. The zero-order valence-electron chi connectivity index (χ0n) is 8.65. The highest BCUT2D eigenvalue weighted by Crippen LogP contribution is 2.34. The first-order chi connectivity index (χ1) is 8.19. The number of halogens is 2. The van der Waals surface area contributed by atoms with E-state index in [1.165, 1.54) is 4.90 Å². The van der Waals surface area contributed by atoms with Gasteiger partial charge in [0, 0.05) is 18.7 Å². The Labute approximate surface area is 121 Å². The third kappa shape index (κ3) is 3.35. The molecule has 0 saturated heterocycles. The van der Waals surface area contributed by atoms with E-state index in [0.29, 0.717) is 5.56 Å². The normalized spacial score (nSPS) is 9.94. The molecule has 0 saturated carbocycles. The SMILES string of the molecule is N#Cc1ccc(Sc2ccc(Br)cc2)c(Br)c1. The first-order valence-corrected chi connectivity index (χ1v) is 7.22. The highest BCUT2D eigenvalue weighted by atomic mass is 79.9. The molecule has 0 aliphatic heterocycles. The van der Waals surface area contributed by atoms with Gasteiger partial charge in [-0.3, -0.25) is 0 Å². The van der Waals surface area contributed by atoms with Crippen LogP contribution in [0.2, 0.25) is 0 Å². The first-order valence-electron chi connectivity index (χ1n) is 4.82. The van der Waals surface area contributed by atoms with Crippen molar-refractivity contribution in [1.29, 1.82) is 5.26 Å². The van der Waals surface area contributed by atoms with Crippen molar-refractivity contribution in [3.05, 3.63) is 57.0 Å². The minimum absolute atomic E-state index is 0.664. The number of nitrogens with zero attached hydrogens (tertiary/aromatic N) is 1. The Morgan fingerprint density at radius 1 is 1.00 bits per heavy atom. The molecular weight excluding hydrogens is 362 g/mol. The summed E-state index contributed by atoms with van der Waals surface area (Å²) in [6, 6.07) is 15.9. The van der Waals surface area contributed by atoms with Crippen molar-refractivity contribution in [3.8, 4) is 6.07 Å². The van der Waals surface area contributed by atoms with Crippen molar-refractivity contribution in [2.75, 3.05) is 0 Å². The molecule has 0 aromatic heterocycles. The summed E-state index contributed by atoms with van der Waals surface area (Å²) in [7, 11) is 0. The van der Waals surface area contributed by atoms with Crippen molar-refractivity contribution in [2.45, 2.75) is 9.79 Å². The number of benzene rings is 2. The molecule has 0 N–H and O–H groups in total. The molecule has 0 bridgehead atoms. The maximum atomic E-state index is 8.79. The fraction of sp³-hybridized carbons (Fsp3) is 0. The predicted molar refractivity (Wildman–Crippen MR) is 77.1 cm³/mol. The van der Waals surface area contributed by atoms with E-state index in [2.05, 4.69) is 50.1 Å². The van der Waals surface area contributed by atoms with Crippen molar-refractivity contribution >= 4 is 43.6 Å². The molecule has 0 heterocycles. The highest BCUT2D eigenvalue weighted by molar-refractivity contribution is 9.10. The van der Waals surface area contributed by atoms with Crippen LogP contribution in [0, 0.1) is 11.3 Å². The largest absolute Gasteiger partial charge is 0.192 e. The Balaban J connectivity index is 2.25. The van der Waals surface area contributed by atoms with Gasteiger partial charge in [-0.1, -0.05) is 27.7 Å². The Morgan fingerprint density at radius 3 is 2.29 bits per heavy atom. The summed E-state index contributed by atoms with van der Waals surface area (Å²) in [5, 5.41) is 8.79. The lowest BCUT2D eigenvalue weighted by Crippen LogP contribution is -1.79. The molecule has 0 aliphatic rings. The van der Waals surface area contributed by atoms with E-state index in [1.807, 2.05) is 30.3 Å². The molecule has 2 rings (SSSR count). The fourth-order valence-corrected chi connectivity index (χ4v) is 2.99. The molecule has 2 aromatic carbocycles. The molecule has 84 valence electrons. The molecule has 2 aromatic rings. The molecule has 4 heteroatoms. The van der Waals surface area contributed by atoms with Gasteiger partial charge in [0.05, 0.1) is 11.6 Å². The average Bonchev–Trinajstić information content (AvgIpc) is 2.34. The van der Waals surface area contributed by atoms with E-state index >= 15 is 0 Å². The molecule has 0 atom stereocenters. The monoisotopic (exact) mass is 367 g/mol. The third-order valence-electron chi connectivity index (χ3n) is 2.10. The minimum Gasteiger partial charge on any atom is -0.192 e. The molecule has 0 spiro atoms. The Bertz CT molecular complexity index is 573. The minimum atomic E-state index is 0.664. The van der Waals surface area contributed by atoms with Crippen LogP contribution in [0.4, 0.5) is 0 Å². The second-order valence-electron chi connectivity index (χ2n) is 3.31. The van der Waals surface area contributed by atoms with Gasteiger partial charge in [-0.15, -0.1) is 0 Å². The van der Waals surface area contributed by atoms with E-state index in [-0.39, 0.29) is 0 Å². The van der Waals surface area contributed by atoms with E-state index in [9.17, 15) is 0 Å². The predicted octanol–water partition coefficient (Wildman–Crippen LogP) is 5.23. The maximum absolute atomic E-state index is 8.79. The van der Waals surface area contributed by atoms with Crippen molar-refractivity contribution in [2.24, 2.45) is 0 Å². The number of hydrogen-bond donors (Lipinski definition) is 0. The zero-order chi connectivity index (χ0) is 12.3. The molecule has 0 unspecified atom stereocenters. The zero-order valence-corrected chi connectivity index (χ0v) is 12.6. The van der Waals surface area contributed by atoms with Crippen LogP contribution >= 0.6 is 43.6 Å². The van der Waals surface area contributed by atoms with Crippen LogP contribution in [-0.2, 0) is 0 Å². The number of hydrogen-bond acceptors (Lipinski definition) is 2. The van der Waals surface area contributed by atoms with Crippen LogP contribution in [-0.4, -0.2) is 0 Å². The summed E-state index contributed by atoms with van der Waals surface area (Å²) in [5.41, 5.74) is 0.664. The van der Waals surface area contributed by atoms with Gasteiger partial charge in [0.15, 0.2) is 0 Å². The Morgan fingerprint density at radius 2 is 1.71 bits per heavy atom.